The number of amides is 1. The first-order valence-corrected chi connectivity index (χ1v) is 6.03. The van der Waals surface area contributed by atoms with Gasteiger partial charge in [0.15, 0.2) is 5.82 Å². The number of fused-ring (bicyclic) bond motifs is 1. The smallest absolute Gasteiger partial charge is 0.291 e. The van der Waals surface area contributed by atoms with Crippen LogP contribution in [0.15, 0.2) is 34.9 Å². The fourth-order valence-electron chi connectivity index (χ4n) is 2.10. The summed E-state index contributed by atoms with van der Waals surface area (Å²) in [4.78, 5) is 16.2. The summed E-state index contributed by atoms with van der Waals surface area (Å²) in [5.74, 6) is 0.00453. The van der Waals surface area contributed by atoms with Gasteiger partial charge in [0.1, 0.15) is 5.58 Å². The largest absolute Gasteiger partial charge is 0.431 e. The fourth-order valence-corrected chi connectivity index (χ4v) is 2.10. The maximum atomic E-state index is 13.0. The number of carbonyl (C=O) groups is 1. The number of carbonyl (C=O) groups excluding carboxylic acids is 1. The van der Waals surface area contributed by atoms with E-state index in [2.05, 4.69) is 10.3 Å². The molecule has 3 rings (SSSR count). The Morgan fingerprint density at radius 2 is 2.20 bits per heavy atom. The molecule has 2 aromatic heterocycles. The highest BCUT2D eigenvalue weighted by molar-refractivity contribution is 6.02. The first-order valence-electron chi connectivity index (χ1n) is 6.03. The van der Waals surface area contributed by atoms with Gasteiger partial charge in [-0.25, -0.2) is 4.98 Å². The molecule has 0 radical (unpaired) electrons. The molecule has 0 bridgehead atoms. The van der Waals surface area contributed by atoms with Crippen molar-refractivity contribution in [2.75, 3.05) is 5.32 Å². The predicted molar refractivity (Wildman–Crippen MR) is 72.1 cm³/mol. The third kappa shape index (κ3) is 2.16. The Morgan fingerprint density at radius 1 is 1.40 bits per heavy atom. The van der Waals surface area contributed by atoms with Crippen molar-refractivity contribution in [1.82, 2.24) is 9.55 Å². The summed E-state index contributed by atoms with van der Waals surface area (Å²) < 4.78 is 19.5. The number of aryl methyl sites for hydroxylation is 2. The summed E-state index contributed by atoms with van der Waals surface area (Å²) >= 11 is 0. The topological polar surface area (TPSA) is 60.1 Å². The van der Waals surface area contributed by atoms with Gasteiger partial charge in [-0.15, -0.1) is 0 Å². The van der Waals surface area contributed by atoms with Crippen LogP contribution in [0.3, 0.4) is 0 Å². The van der Waals surface area contributed by atoms with Gasteiger partial charge in [0.25, 0.3) is 11.9 Å². The molecule has 0 unspecified atom stereocenters. The molecular weight excluding hydrogens is 261 g/mol. The number of hydrogen-bond donors (Lipinski definition) is 1. The molecule has 0 fully saturated rings. The Labute approximate surface area is 114 Å². The van der Waals surface area contributed by atoms with E-state index in [9.17, 15) is 9.18 Å². The van der Waals surface area contributed by atoms with Gasteiger partial charge in [-0.05, 0) is 25.1 Å². The fraction of sp³-hybridized carbons (Fsp3) is 0.143. The van der Waals surface area contributed by atoms with Gasteiger partial charge in [-0.3, -0.25) is 4.79 Å². The van der Waals surface area contributed by atoms with E-state index in [-0.39, 0.29) is 5.91 Å². The normalized spacial score (nSPS) is 10.9. The number of aromatic nitrogens is 2. The standard InChI is InChI=1S/C14H12FN3O2/c1-8-7-18(2)13(16-8)14(19)17-10-3-4-11-9(5-10)6-12(15)20-11/h3-7H,1-2H3,(H,17,19). The van der Waals surface area contributed by atoms with E-state index in [0.717, 1.165) is 5.69 Å². The van der Waals surface area contributed by atoms with Gasteiger partial charge in [0, 0.05) is 30.4 Å². The van der Waals surface area contributed by atoms with Crippen molar-refractivity contribution in [1.29, 1.82) is 0 Å². The maximum Gasteiger partial charge on any atom is 0.291 e. The van der Waals surface area contributed by atoms with Crippen molar-refractivity contribution in [3.63, 3.8) is 0 Å². The van der Waals surface area contributed by atoms with Crippen LogP contribution in [-0.4, -0.2) is 15.5 Å². The van der Waals surface area contributed by atoms with Crippen molar-refractivity contribution >= 4 is 22.6 Å². The molecule has 5 nitrogen and oxygen atoms in total. The summed E-state index contributed by atoms with van der Waals surface area (Å²) in [5, 5.41) is 3.32. The van der Waals surface area contributed by atoms with Crippen molar-refractivity contribution in [3.05, 3.63) is 48.0 Å². The minimum atomic E-state index is -0.650. The third-order valence-electron chi connectivity index (χ3n) is 2.94. The van der Waals surface area contributed by atoms with Crippen LogP contribution in [0, 0.1) is 12.9 Å². The molecule has 1 amide bonds. The van der Waals surface area contributed by atoms with Crippen LogP contribution in [0.1, 0.15) is 16.3 Å². The van der Waals surface area contributed by atoms with Crippen LogP contribution in [0.2, 0.25) is 0 Å². The number of hydrogen-bond acceptors (Lipinski definition) is 3. The monoisotopic (exact) mass is 273 g/mol. The second-order valence-electron chi connectivity index (χ2n) is 4.57. The highest BCUT2D eigenvalue weighted by atomic mass is 19.1. The molecule has 0 saturated carbocycles. The minimum absolute atomic E-state index is 0.316. The van der Waals surface area contributed by atoms with Crippen LogP contribution in [0.5, 0.6) is 0 Å². The third-order valence-corrected chi connectivity index (χ3v) is 2.94. The van der Waals surface area contributed by atoms with Crippen molar-refractivity contribution < 1.29 is 13.6 Å². The zero-order valence-corrected chi connectivity index (χ0v) is 11.0. The quantitative estimate of drug-likeness (QED) is 0.781. The van der Waals surface area contributed by atoms with Gasteiger partial charge in [-0.2, -0.15) is 4.39 Å². The van der Waals surface area contributed by atoms with Gasteiger partial charge in [0.05, 0.1) is 5.69 Å². The zero-order valence-electron chi connectivity index (χ0n) is 11.0. The Hall–Kier alpha value is -2.63. The summed E-state index contributed by atoms with van der Waals surface area (Å²) in [7, 11) is 1.75. The highest BCUT2D eigenvalue weighted by Crippen LogP contribution is 2.22. The Bertz CT molecular complexity index is 804. The van der Waals surface area contributed by atoms with E-state index in [1.165, 1.54) is 6.07 Å². The Kier molecular flexibility index (Phi) is 2.78. The SMILES string of the molecule is Cc1cn(C)c(C(=O)Nc2ccc3oc(F)cc3c2)n1. The number of furan rings is 1. The second-order valence-corrected chi connectivity index (χ2v) is 4.57. The number of imidazole rings is 1. The summed E-state index contributed by atoms with van der Waals surface area (Å²) in [5.41, 5.74) is 1.77. The van der Waals surface area contributed by atoms with E-state index in [0.29, 0.717) is 22.5 Å². The van der Waals surface area contributed by atoms with E-state index >= 15 is 0 Å². The summed E-state index contributed by atoms with van der Waals surface area (Å²) in [6, 6.07) is 5.53. The lowest BCUT2D eigenvalue weighted by atomic mass is 10.2. The first-order chi connectivity index (χ1) is 9.52. The molecule has 0 aliphatic rings. The minimum Gasteiger partial charge on any atom is -0.431 e. The average molecular weight is 273 g/mol. The summed E-state index contributed by atoms with van der Waals surface area (Å²) in [6.45, 7) is 1.82. The van der Waals surface area contributed by atoms with E-state index in [1.54, 1.807) is 36.0 Å². The summed E-state index contributed by atoms with van der Waals surface area (Å²) in [6.07, 6.45) is 1.77. The lowest BCUT2D eigenvalue weighted by molar-refractivity contribution is 0.101. The number of nitrogens with one attached hydrogen (secondary N) is 1. The molecule has 2 heterocycles. The number of rotatable bonds is 2. The predicted octanol–water partition coefficient (Wildman–Crippen LogP) is 2.87. The molecule has 0 atom stereocenters. The molecule has 102 valence electrons. The van der Waals surface area contributed by atoms with Crippen LogP contribution >= 0.6 is 0 Å². The molecule has 1 aromatic carbocycles. The van der Waals surface area contributed by atoms with Crippen LogP contribution in [0.25, 0.3) is 11.0 Å². The van der Waals surface area contributed by atoms with Gasteiger partial charge in [-0.1, -0.05) is 0 Å². The Morgan fingerprint density at radius 3 is 2.90 bits per heavy atom. The van der Waals surface area contributed by atoms with Crippen molar-refractivity contribution in [2.24, 2.45) is 7.05 Å². The van der Waals surface area contributed by atoms with E-state index in [4.69, 9.17) is 4.42 Å². The molecule has 0 aliphatic carbocycles. The molecule has 0 spiro atoms. The number of anilines is 1. The second kappa shape index (κ2) is 4.48. The lowest BCUT2D eigenvalue weighted by Gasteiger charge is -2.04. The molecule has 20 heavy (non-hydrogen) atoms. The lowest BCUT2D eigenvalue weighted by Crippen LogP contribution is -2.16. The van der Waals surface area contributed by atoms with Crippen molar-refractivity contribution in [2.45, 2.75) is 6.92 Å². The molecule has 3 aromatic rings. The molecule has 1 N–H and O–H groups in total. The Balaban J connectivity index is 1.88. The molecular formula is C14H12FN3O2. The van der Waals surface area contributed by atoms with E-state index in [1.807, 2.05) is 6.92 Å². The van der Waals surface area contributed by atoms with Crippen LogP contribution < -0.4 is 5.32 Å². The van der Waals surface area contributed by atoms with E-state index < -0.39 is 6.01 Å². The van der Waals surface area contributed by atoms with Gasteiger partial charge >= 0.3 is 0 Å². The number of benzene rings is 1. The molecule has 0 saturated heterocycles. The first kappa shape index (κ1) is 12.4. The number of halogens is 1. The van der Waals surface area contributed by atoms with Gasteiger partial charge < -0.3 is 14.3 Å². The van der Waals surface area contributed by atoms with Crippen LogP contribution in [0.4, 0.5) is 10.1 Å². The highest BCUT2D eigenvalue weighted by Gasteiger charge is 2.13. The van der Waals surface area contributed by atoms with Gasteiger partial charge in [0.2, 0.25) is 0 Å². The average Bonchev–Trinajstić information content (AvgIpc) is 2.90. The molecule has 6 heteroatoms. The zero-order chi connectivity index (χ0) is 14.3. The maximum absolute atomic E-state index is 13.0. The van der Waals surface area contributed by atoms with Crippen LogP contribution in [-0.2, 0) is 7.05 Å². The van der Waals surface area contributed by atoms with Crippen molar-refractivity contribution in [3.8, 4) is 0 Å². The number of nitrogens with zero attached hydrogens (tertiary/aromatic N) is 2. The molecule has 0 aliphatic heterocycles.